The van der Waals surface area contributed by atoms with Gasteiger partial charge >= 0.3 is 6.03 Å². The molecule has 0 atom stereocenters. The summed E-state index contributed by atoms with van der Waals surface area (Å²) in [5.74, 6) is -2.15. The van der Waals surface area contributed by atoms with Crippen LogP contribution in [0.3, 0.4) is 0 Å². The summed E-state index contributed by atoms with van der Waals surface area (Å²) in [6, 6.07) is 8.23. The molecule has 1 aliphatic rings. The molecule has 4 rings (SSSR count). The molecule has 9 nitrogen and oxygen atoms in total. The first-order chi connectivity index (χ1) is 19.2. The van der Waals surface area contributed by atoms with E-state index in [2.05, 4.69) is 41.7 Å². The van der Waals surface area contributed by atoms with Crippen LogP contribution in [0.1, 0.15) is 61.5 Å². The first-order valence-electron chi connectivity index (χ1n) is 13.5. The van der Waals surface area contributed by atoms with E-state index in [1.165, 1.54) is 6.07 Å². The topological polar surface area (TPSA) is 125 Å². The fourth-order valence-electron chi connectivity index (χ4n) is 4.59. The largest absolute Gasteiger partial charge is 0.366 e. The molecule has 0 unspecified atom stereocenters. The molecule has 3 amide bonds. The van der Waals surface area contributed by atoms with Crippen molar-refractivity contribution in [3.8, 4) is 11.3 Å². The lowest BCUT2D eigenvalue weighted by molar-refractivity contribution is 0.1000. The van der Waals surface area contributed by atoms with Gasteiger partial charge in [0, 0.05) is 29.3 Å². The number of primary amides is 1. The van der Waals surface area contributed by atoms with Crippen molar-refractivity contribution < 1.29 is 18.4 Å². The highest BCUT2D eigenvalue weighted by atomic mass is 19.1. The van der Waals surface area contributed by atoms with Crippen molar-refractivity contribution in [1.82, 2.24) is 20.6 Å². The number of nitrogens with two attached hydrogens (primary N) is 1. The minimum Gasteiger partial charge on any atom is -0.366 e. The number of unbranched alkanes of at least 4 members (excludes halogenated alkanes) is 1. The highest BCUT2D eigenvalue weighted by Gasteiger charge is 2.34. The smallest absolute Gasteiger partial charge is 0.328 e. The Kier molecular flexibility index (Phi) is 9.26. The Morgan fingerprint density at radius 2 is 1.88 bits per heavy atom. The zero-order valence-electron chi connectivity index (χ0n) is 23.0. The number of anilines is 3. The minimum atomic E-state index is -0.906. The zero-order chi connectivity index (χ0) is 28.8. The molecule has 0 aliphatic carbocycles. The standard InChI is InChI=1S/C29H35F2N7O2/c1-4-5-8-18-11-12-19(26(32)39)15-20(18)24-21-16-35-29(40)38(25-22(30)9-6-10-23(25)31)27(21)37-28(36-24)34-14-7-13-33-17(2)3/h6,9-12,15,17,33H,4-5,7-8,13-14,16H2,1-3H3,(H2,32,39)(H,35,40)(H,34,36,37). The van der Waals surface area contributed by atoms with E-state index in [1.54, 1.807) is 12.1 Å². The molecule has 0 fully saturated rings. The van der Waals surface area contributed by atoms with Crippen molar-refractivity contribution in [2.24, 2.45) is 5.73 Å². The SMILES string of the molecule is CCCCc1ccc(C(N)=O)cc1-c1nc(NCCCNC(C)C)nc2c1CNC(=O)N2c1c(F)cccc1F. The first kappa shape index (κ1) is 28.9. The maximum Gasteiger partial charge on any atom is 0.328 e. The normalized spacial score (nSPS) is 12.8. The number of amides is 3. The summed E-state index contributed by atoms with van der Waals surface area (Å²) < 4.78 is 29.9. The number of urea groups is 1. The highest BCUT2D eigenvalue weighted by molar-refractivity contribution is 6.02. The van der Waals surface area contributed by atoms with E-state index in [0.29, 0.717) is 41.4 Å². The Balaban J connectivity index is 1.89. The van der Waals surface area contributed by atoms with Crippen LogP contribution in [0, 0.1) is 11.6 Å². The molecular weight excluding hydrogens is 516 g/mol. The van der Waals surface area contributed by atoms with Crippen LogP contribution < -0.4 is 26.6 Å². The molecule has 0 radical (unpaired) electrons. The second-order valence-corrected chi connectivity index (χ2v) is 9.99. The lowest BCUT2D eigenvalue weighted by Crippen LogP contribution is -2.43. The summed E-state index contributed by atoms with van der Waals surface area (Å²) in [7, 11) is 0. The zero-order valence-corrected chi connectivity index (χ0v) is 23.0. The highest BCUT2D eigenvalue weighted by Crippen LogP contribution is 2.39. The van der Waals surface area contributed by atoms with Gasteiger partial charge in [-0.2, -0.15) is 4.98 Å². The number of nitrogens with zero attached hydrogens (tertiary/aromatic N) is 3. The Hall–Kier alpha value is -4.12. The van der Waals surface area contributed by atoms with Gasteiger partial charge in [0.05, 0.1) is 12.2 Å². The number of aryl methyl sites for hydroxylation is 1. The summed E-state index contributed by atoms with van der Waals surface area (Å²) in [4.78, 5) is 35.4. The number of fused-ring (bicyclic) bond motifs is 1. The predicted molar refractivity (Wildman–Crippen MR) is 152 cm³/mol. The molecule has 212 valence electrons. The summed E-state index contributed by atoms with van der Waals surface area (Å²) in [6.07, 6.45) is 3.32. The third-order valence-electron chi connectivity index (χ3n) is 6.62. The number of benzene rings is 2. The Morgan fingerprint density at radius 1 is 1.12 bits per heavy atom. The van der Waals surface area contributed by atoms with Crippen molar-refractivity contribution in [3.05, 3.63) is 64.7 Å². The van der Waals surface area contributed by atoms with Crippen LogP contribution in [0.2, 0.25) is 0 Å². The van der Waals surface area contributed by atoms with Crippen LogP contribution in [0.4, 0.5) is 31.0 Å². The molecule has 0 spiro atoms. The third-order valence-corrected chi connectivity index (χ3v) is 6.62. The molecule has 2 aromatic carbocycles. The molecule has 40 heavy (non-hydrogen) atoms. The van der Waals surface area contributed by atoms with Gasteiger partial charge in [-0.3, -0.25) is 4.79 Å². The Bertz CT molecular complexity index is 1380. The average molecular weight is 552 g/mol. The summed E-state index contributed by atoms with van der Waals surface area (Å²) >= 11 is 0. The van der Waals surface area contributed by atoms with E-state index < -0.39 is 29.3 Å². The van der Waals surface area contributed by atoms with Gasteiger partial charge in [-0.1, -0.05) is 39.3 Å². The number of hydrogen-bond acceptors (Lipinski definition) is 6. The van der Waals surface area contributed by atoms with Gasteiger partial charge in [0.15, 0.2) is 5.82 Å². The second kappa shape index (κ2) is 12.8. The molecule has 1 aromatic heterocycles. The van der Waals surface area contributed by atoms with Crippen LogP contribution in [-0.2, 0) is 13.0 Å². The van der Waals surface area contributed by atoms with Gasteiger partial charge < -0.3 is 21.7 Å². The molecule has 2 heterocycles. The van der Waals surface area contributed by atoms with Crippen LogP contribution >= 0.6 is 0 Å². The summed E-state index contributed by atoms with van der Waals surface area (Å²) in [5, 5.41) is 9.23. The summed E-state index contributed by atoms with van der Waals surface area (Å²) in [6.45, 7) is 7.51. The van der Waals surface area contributed by atoms with Crippen molar-refractivity contribution in [1.29, 1.82) is 0 Å². The number of hydrogen-bond donors (Lipinski definition) is 4. The number of nitrogens with one attached hydrogen (secondary N) is 3. The molecule has 0 saturated carbocycles. The number of halogens is 2. The Morgan fingerprint density at radius 3 is 2.55 bits per heavy atom. The lowest BCUT2D eigenvalue weighted by atomic mass is 9.94. The van der Waals surface area contributed by atoms with E-state index in [-0.39, 0.29) is 18.3 Å². The first-order valence-corrected chi connectivity index (χ1v) is 13.5. The van der Waals surface area contributed by atoms with Gasteiger partial charge in [-0.15, -0.1) is 0 Å². The molecular formula is C29H35F2N7O2. The number of rotatable bonds is 12. The van der Waals surface area contributed by atoms with Crippen molar-refractivity contribution in [2.45, 2.75) is 59.0 Å². The third kappa shape index (κ3) is 6.36. The maximum atomic E-state index is 14.9. The van der Waals surface area contributed by atoms with E-state index in [4.69, 9.17) is 10.7 Å². The van der Waals surface area contributed by atoms with Crippen LogP contribution in [-0.4, -0.2) is 41.0 Å². The fourth-order valence-corrected chi connectivity index (χ4v) is 4.59. The maximum absolute atomic E-state index is 14.9. The number of aromatic nitrogens is 2. The fraction of sp³-hybridized carbons (Fsp3) is 0.379. The molecule has 5 N–H and O–H groups in total. The van der Waals surface area contributed by atoms with Gasteiger partial charge in [-0.05, 0) is 55.6 Å². The monoisotopic (exact) mass is 551 g/mol. The van der Waals surface area contributed by atoms with Crippen molar-refractivity contribution >= 4 is 29.4 Å². The van der Waals surface area contributed by atoms with Crippen LogP contribution in [0.25, 0.3) is 11.3 Å². The second-order valence-electron chi connectivity index (χ2n) is 9.99. The van der Waals surface area contributed by atoms with Crippen molar-refractivity contribution in [3.63, 3.8) is 0 Å². The molecule has 0 bridgehead atoms. The number of para-hydroxylation sites is 1. The van der Waals surface area contributed by atoms with Gasteiger partial charge in [0.2, 0.25) is 11.9 Å². The Labute approximate surface area is 232 Å². The average Bonchev–Trinajstić information content (AvgIpc) is 2.92. The lowest BCUT2D eigenvalue weighted by Gasteiger charge is -2.31. The van der Waals surface area contributed by atoms with Crippen molar-refractivity contribution in [2.75, 3.05) is 23.3 Å². The van der Waals surface area contributed by atoms with E-state index in [0.717, 1.165) is 48.4 Å². The molecule has 1 aliphatic heterocycles. The van der Waals surface area contributed by atoms with E-state index in [9.17, 15) is 18.4 Å². The van der Waals surface area contributed by atoms with Crippen LogP contribution in [0.5, 0.6) is 0 Å². The number of carbonyl (C=O) groups excluding carboxylic acids is 2. The minimum absolute atomic E-state index is 0.0304. The van der Waals surface area contributed by atoms with Crippen LogP contribution in [0.15, 0.2) is 36.4 Å². The van der Waals surface area contributed by atoms with E-state index >= 15 is 0 Å². The van der Waals surface area contributed by atoms with E-state index in [1.807, 2.05) is 6.07 Å². The summed E-state index contributed by atoms with van der Waals surface area (Å²) in [5.41, 5.74) is 7.87. The van der Waals surface area contributed by atoms with Gasteiger partial charge in [-0.25, -0.2) is 23.5 Å². The van der Waals surface area contributed by atoms with Gasteiger partial charge in [0.25, 0.3) is 0 Å². The predicted octanol–water partition coefficient (Wildman–Crippen LogP) is 5.02. The number of carbonyl (C=O) groups is 2. The molecule has 11 heteroatoms. The molecule has 3 aromatic rings. The molecule has 0 saturated heterocycles. The quantitative estimate of drug-likeness (QED) is 0.234. The van der Waals surface area contributed by atoms with Gasteiger partial charge in [0.1, 0.15) is 17.3 Å².